The molecule has 4 rings (SSSR count). The summed E-state index contributed by atoms with van der Waals surface area (Å²) in [6.45, 7) is -1.49. The Bertz CT molecular complexity index is 866. The van der Waals surface area contributed by atoms with Crippen LogP contribution >= 0.6 is 0 Å². The van der Waals surface area contributed by atoms with Crippen molar-refractivity contribution < 1.29 is 69.3 Å². The van der Waals surface area contributed by atoms with Gasteiger partial charge in [0.2, 0.25) is 0 Å². The molecule has 246 valence electrons. The third kappa shape index (κ3) is 6.60. The van der Waals surface area contributed by atoms with Crippen molar-refractivity contribution in [3.63, 3.8) is 0 Å². The quantitative estimate of drug-likeness (QED) is 0.114. The summed E-state index contributed by atoms with van der Waals surface area (Å²) < 4.78 is 34.4. The number of aliphatic hydroxyl groups excluding tert-OH is 8. The highest BCUT2D eigenvalue weighted by Crippen LogP contribution is 2.34. The van der Waals surface area contributed by atoms with E-state index in [1.165, 1.54) is 0 Å². The lowest BCUT2D eigenvalue weighted by Crippen LogP contribution is -2.68. The van der Waals surface area contributed by atoms with Crippen LogP contribution < -0.4 is 28.7 Å². The molecule has 0 aromatic rings. The van der Waals surface area contributed by atoms with Crippen LogP contribution in [0.5, 0.6) is 0 Å². The first-order valence-corrected chi connectivity index (χ1v) is 13.8. The number of aliphatic hydroxyl groups is 8. The zero-order valence-corrected chi connectivity index (χ0v) is 22.7. The maximum absolute atomic E-state index is 11.1. The van der Waals surface area contributed by atoms with E-state index >= 15 is 0 Å². The van der Waals surface area contributed by atoms with Gasteiger partial charge in [-0.2, -0.15) is 0 Å². The van der Waals surface area contributed by atoms with Crippen LogP contribution in [0, 0.1) is 0 Å². The van der Waals surface area contributed by atoms with Gasteiger partial charge in [-0.3, -0.25) is 0 Å². The summed E-state index contributed by atoms with van der Waals surface area (Å²) in [7, 11) is 0. The van der Waals surface area contributed by atoms with Crippen LogP contribution in [0.1, 0.15) is 6.42 Å². The minimum absolute atomic E-state index is 0.0642. The zero-order chi connectivity index (χ0) is 31.0. The number of ether oxygens (including phenoxy) is 6. The van der Waals surface area contributed by atoms with Gasteiger partial charge in [0.05, 0.1) is 31.4 Å². The van der Waals surface area contributed by atoms with Crippen molar-refractivity contribution in [3.8, 4) is 0 Å². The monoisotopic (exact) mass is 615 g/mol. The molecule has 0 unspecified atom stereocenters. The van der Waals surface area contributed by atoms with Crippen molar-refractivity contribution in [2.75, 3.05) is 19.8 Å². The van der Waals surface area contributed by atoms with Gasteiger partial charge in [-0.1, -0.05) is 0 Å². The fourth-order valence-corrected chi connectivity index (χ4v) is 5.70. The van der Waals surface area contributed by atoms with E-state index in [0.29, 0.717) is 0 Å². The fraction of sp³-hybridized carbons (Fsp3) is 1.00. The maximum atomic E-state index is 11.1. The summed E-state index contributed by atoms with van der Waals surface area (Å²) in [6, 6.07) is -4.30. The molecule has 18 N–H and O–H groups in total. The molecular formula is C23H45N5O14. The molecule has 1 saturated carbocycles. The molecule has 0 radical (unpaired) electrons. The highest BCUT2D eigenvalue weighted by atomic mass is 16.8. The van der Waals surface area contributed by atoms with Gasteiger partial charge in [-0.15, -0.1) is 0 Å². The van der Waals surface area contributed by atoms with Crippen LogP contribution in [-0.4, -0.2) is 177 Å². The summed E-state index contributed by atoms with van der Waals surface area (Å²) >= 11 is 0. The SMILES string of the molecule is NC[C@@H]1O[C@H](O[C@H]2[C@H](O)[C@@H](O[C@H]3[C@H](O)[C@H](N)C[C@H](N)[C@H]3O[C@@H]3O[C@H](CO)[C@@H](O)[C@H](O)[C@@H]3N)O[C@H]2CO)[C@@H](N)[C@H](O)[C@@H]1O. The molecule has 3 aliphatic heterocycles. The number of rotatable bonds is 9. The topological polar surface area (TPSA) is 347 Å². The molecule has 0 aromatic carbocycles. The molecule has 19 atom stereocenters. The van der Waals surface area contributed by atoms with Crippen LogP contribution in [0.4, 0.5) is 0 Å². The number of hydrogen-bond donors (Lipinski definition) is 13. The van der Waals surface area contributed by atoms with Gasteiger partial charge in [0, 0.05) is 18.6 Å². The van der Waals surface area contributed by atoms with Crippen molar-refractivity contribution in [2.24, 2.45) is 28.7 Å². The van der Waals surface area contributed by atoms with Gasteiger partial charge in [0.25, 0.3) is 0 Å². The highest BCUT2D eigenvalue weighted by molar-refractivity contribution is 5.02. The molecule has 19 heteroatoms. The van der Waals surface area contributed by atoms with Crippen molar-refractivity contribution in [1.29, 1.82) is 0 Å². The second kappa shape index (κ2) is 14.1. The van der Waals surface area contributed by atoms with Gasteiger partial charge < -0.3 is 97.9 Å². The first-order valence-electron chi connectivity index (χ1n) is 13.8. The fourth-order valence-electron chi connectivity index (χ4n) is 5.70. The molecular weight excluding hydrogens is 570 g/mol. The second-order valence-corrected chi connectivity index (χ2v) is 11.2. The minimum atomic E-state index is -1.62. The zero-order valence-electron chi connectivity index (χ0n) is 22.7. The van der Waals surface area contributed by atoms with Crippen LogP contribution in [0.15, 0.2) is 0 Å². The lowest BCUT2D eigenvalue weighted by molar-refractivity contribution is -0.310. The van der Waals surface area contributed by atoms with Gasteiger partial charge in [-0.05, 0) is 6.42 Å². The lowest BCUT2D eigenvalue weighted by atomic mass is 9.84. The van der Waals surface area contributed by atoms with E-state index in [-0.39, 0.29) is 13.0 Å². The molecule has 19 nitrogen and oxygen atoms in total. The van der Waals surface area contributed by atoms with Crippen molar-refractivity contribution in [2.45, 2.75) is 123 Å². The van der Waals surface area contributed by atoms with Gasteiger partial charge in [0.15, 0.2) is 18.9 Å². The van der Waals surface area contributed by atoms with Crippen molar-refractivity contribution >= 4 is 0 Å². The molecule has 0 aromatic heterocycles. The van der Waals surface area contributed by atoms with Gasteiger partial charge in [0.1, 0.15) is 67.1 Å². The Morgan fingerprint density at radius 3 is 1.55 bits per heavy atom. The lowest BCUT2D eigenvalue weighted by Gasteiger charge is -2.47. The van der Waals surface area contributed by atoms with Crippen LogP contribution in [0.25, 0.3) is 0 Å². The molecule has 0 bridgehead atoms. The summed E-state index contributed by atoms with van der Waals surface area (Å²) in [4.78, 5) is 0. The highest BCUT2D eigenvalue weighted by Gasteiger charge is 2.54. The van der Waals surface area contributed by atoms with E-state index in [0.717, 1.165) is 0 Å². The van der Waals surface area contributed by atoms with Crippen LogP contribution in [0.3, 0.4) is 0 Å². The van der Waals surface area contributed by atoms with E-state index in [1.807, 2.05) is 0 Å². The Morgan fingerprint density at radius 1 is 0.524 bits per heavy atom. The van der Waals surface area contributed by atoms with Gasteiger partial charge >= 0.3 is 0 Å². The average molecular weight is 616 g/mol. The average Bonchev–Trinajstić information content (AvgIpc) is 3.27. The summed E-state index contributed by atoms with van der Waals surface area (Å²) in [5, 5.41) is 82.3. The molecule has 3 saturated heterocycles. The van der Waals surface area contributed by atoms with Crippen LogP contribution in [-0.2, 0) is 28.4 Å². The van der Waals surface area contributed by atoms with E-state index in [1.54, 1.807) is 0 Å². The molecule has 42 heavy (non-hydrogen) atoms. The van der Waals surface area contributed by atoms with Crippen molar-refractivity contribution in [3.05, 3.63) is 0 Å². The minimum Gasteiger partial charge on any atom is -0.394 e. The number of hydrogen-bond acceptors (Lipinski definition) is 19. The summed E-state index contributed by atoms with van der Waals surface area (Å²) in [5.41, 5.74) is 29.9. The first kappa shape index (κ1) is 34.1. The Kier molecular flexibility index (Phi) is 11.5. The molecule has 0 amide bonds. The predicted octanol–water partition coefficient (Wildman–Crippen LogP) is -8.86. The standard InChI is InChI=1S/C23H45N5O14/c24-2-7-13(32)15(34)10(27)21(37-7)41-19-9(4-30)39-23(17(19)36)42-20-12(31)5(25)1-6(26)18(20)40-22-11(28)16(35)14(33)8(3-29)38-22/h5-23,29-36H,1-4,24-28H2/t5-,6+,7+,8-,9+,10+,11+,12-,13-,14-,15+,16-,17+,18-,19-,20+,21-,22+,23-/m1/s1. The van der Waals surface area contributed by atoms with E-state index in [2.05, 4.69) is 0 Å². The van der Waals surface area contributed by atoms with E-state index < -0.39 is 129 Å². The predicted molar refractivity (Wildman–Crippen MR) is 136 cm³/mol. The maximum Gasteiger partial charge on any atom is 0.187 e. The van der Waals surface area contributed by atoms with Crippen molar-refractivity contribution in [1.82, 2.24) is 0 Å². The van der Waals surface area contributed by atoms with E-state index in [9.17, 15) is 40.9 Å². The van der Waals surface area contributed by atoms with E-state index in [4.69, 9.17) is 57.1 Å². The number of nitrogens with two attached hydrogens (primary N) is 5. The molecule has 0 spiro atoms. The Labute approximate surface area is 240 Å². The largest absolute Gasteiger partial charge is 0.394 e. The summed E-state index contributed by atoms with van der Waals surface area (Å²) in [6.07, 6.45) is -20.5. The molecule has 1 aliphatic carbocycles. The Hall–Kier alpha value is -0.760. The third-order valence-corrected chi connectivity index (χ3v) is 8.32. The van der Waals surface area contributed by atoms with Crippen LogP contribution in [0.2, 0.25) is 0 Å². The second-order valence-electron chi connectivity index (χ2n) is 11.2. The normalized spacial score (nSPS) is 53.8. The Balaban J connectivity index is 1.50. The molecule has 4 fully saturated rings. The molecule has 4 aliphatic rings. The van der Waals surface area contributed by atoms with Gasteiger partial charge in [-0.25, -0.2) is 0 Å². The summed E-state index contributed by atoms with van der Waals surface area (Å²) in [5.74, 6) is 0. The molecule has 3 heterocycles. The first-order chi connectivity index (χ1) is 19.8. The Morgan fingerprint density at radius 2 is 1.00 bits per heavy atom. The third-order valence-electron chi connectivity index (χ3n) is 8.32. The smallest absolute Gasteiger partial charge is 0.187 e.